The maximum atomic E-state index is 5.33. The normalized spacial score (nSPS) is 16.9. The highest BCUT2D eigenvalue weighted by atomic mass is 16.5. The quantitative estimate of drug-likeness (QED) is 0.776. The third kappa shape index (κ3) is 2.38. The number of aromatic nitrogens is 3. The van der Waals surface area contributed by atoms with Crippen molar-refractivity contribution in [3.8, 4) is 0 Å². The lowest BCUT2D eigenvalue weighted by molar-refractivity contribution is 0.0393. The van der Waals surface area contributed by atoms with E-state index in [9.17, 15) is 0 Å². The number of nitrogens with zero attached hydrogens (tertiary/aromatic N) is 5. The summed E-state index contributed by atoms with van der Waals surface area (Å²) in [5, 5.41) is 11.2. The van der Waals surface area contributed by atoms with Crippen molar-refractivity contribution >= 4 is 11.4 Å². The number of hydrogen-bond donors (Lipinski definition) is 0. The molecule has 1 fully saturated rings. The summed E-state index contributed by atoms with van der Waals surface area (Å²) in [5.41, 5.74) is 4.92. The monoisotopic (exact) mass is 273 g/mol. The van der Waals surface area contributed by atoms with E-state index < -0.39 is 0 Å². The van der Waals surface area contributed by atoms with E-state index in [1.165, 1.54) is 0 Å². The minimum absolute atomic E-state index is 0.741. The molecule has 0 atom stereocenters. The van der Waals surface area contributed by atoms with Gasteiger partial charge in [-0.05, 0) is 20.8 Å². The van der Waals surface area contributed by atoms with Crippen LogP contribution in [0.3, 0.4) is 0 Å². The Labute approximate surface area is 118 Å². The summed E-state index contributed by atoms with van der Waals surface area (Å²) in [6, 6.07) is 1.98. The van der Waals surface area contributed by atoms with Crippen LogP contribution in [0.15, 0.2) is 17.4 Å². The number of ether oxygens (including phenoxy) is 1. The molecule has 0 aromatic carbocycles. The van der Waals surface area contributed by atoms with Crippen molar-refractivity contribution in [3.63, 3.8) is 0 Å². The van der Waals surface area contributed by atoms with E-state index in [0.29, 0.717) is 0 Å². The molecule has 3 rings (SSSR count). The summed E-state index contributed by atoms with van der Waals surface area (Å²) in [4.78, 5) is 4.45. The zero-order valence-electron chi connectivity index (χ0n) is 12.1. The van der Waals surface area contributed by atoms with Gasteiger partial charge in [-0.1, -0.05) is 0 Å². The highest BCUT2D eigenvalue weighted by Crippen LogP contribution is 2.13. The Balaban J connectivity index is 1.96. The Morgan fingerprint density at radius 2 is 2.05 bits per heavy atom. The van der Waals surface area contributed by atoms with Gasteiger partial charge in [0.05, 0.1) is 43.4 Å². The van der Waals surface area contributed by atoms with Gasteiger partial charge in [0, 0.05) is 17.8 Å². The van der Waals surface area contributed by atoms with Gasteiger partial charge in [0.1, 0.15) is 0 Å². The van der Waals surface area contributed by atoms with Crippen LogP contribution in [0.4, 0.5) is 0 Å². The Hall–Kier alpha value is -1.95. The number of hydrazone groups is 1. The maximum absolute atomic E-state index is 5.33. The number of aryl methyl sites for hydroxylation is 2. The third-order valence-electron chi connectivity index (χ3n) is 3.51. The Kier molecular flexibility index (Phi) is 3.40. The average Bonchev–Trinajstić information content (AvgIpc) is 2.82. The first kappa shape index (κ1) is 13.1. The number of morpholine rings is 1. The number of rotatable bonds is 2. The molecule has 20 heavy (non-hydrogen) atoms. The molecule has 0 N–H and O–H groups in total. The fourth-order valence-electron chi connectivity index (χ4n) is 2.44. The van der Waals surface area contributed by atoms with Crippen LogP contribution in [-0.4, -0.2) is 51.6 Å². The molecule has 0 spiro atoms. The molecule has 0 unspecified atom stereocenters. The number of hydrogen-bond acceptors (Lipinski definition) is 5. The van der Waals surface area contributed by atoms with Crippen LogP contribution in [0, 0.1) is 13.8 Å². The summed E-state index contributed by atoms with van der Waals surface area (Å²) in [6.45, 7) is 9.20. The van der Waals surface area contributed by atoms with Gasteiger partial charge in [0.15, 0.2) is 5.65 Å². The molecule has 1 saturated heterocycles. The second-order valence-electron chi connectivity index (χ2n) is 5.06. The summed E-state index contributed by atoms with van der Waals surface area (Å²) in [5.74, 6) is 0. The second-order valence-corrected chi connectivity index (χ2v) is 5.06. The lowest BCUT2D eigenvalue weighted by atomic mass is 10.1. The van der Waals surface area contributed by atoms with Crippen LogP contribution in [0.1, 0.15) is 23.9 Å². The molecule has 106 valence electrons. The topological polar surface area (TPSA) is 55.0 Å². The van der Waals surface area contributed by atoms with Crippen molar-refractivity contribution in [1.29, 1.82) is 0 Å². The van der Waals surface area contributed by atoms with E-state index in [0.717, 1.165) is 54.6 Å². The van der Waals surface area contributed by atoms with Crippen molar-refractivity contribution < 1.29 is 4.74 Å². The van der Waals surface area contributed by atoms with E-state index in [1.54, 1.807) is 0 Å². The van der Waals surface area contributed by atoms with Crippen LogP contribution in [0.5, 0.6) is 0 Å². The predicted octanol–water partition coefficient (Wildman–Crippen LogP) is 1.40. The van der Waals surface area contributed by atoms with Crippen molar-refractivity contribution in [2.75, 3.05) is 26.3 Å². The summed E-state index contributed by atoms with van der Waals surface area (Å²) >= 11 is 0. The van der Waals surface area contributed by atoms with Crippen molar-refractivity contribution in [2.45, 2.75) is 20.8 Å². The zero-order valence-corrected chi connectivity index (χ0v) is 12.1. The van der Waals surface area contributed by atoms with E-state index in [4.69, 9.17) is 4.74 Å². The highest BCUT2D eigenvalue weighted by molar-refractivity contribution is 5.99. The van der Waals surface area contributed by atoms with Crippen LogP contribution >= 0.6 is 0 Å². The smallest absolute Gasteiger partial charge is 0.155 e. The largest absolute Gasteiger partial charge is 0.378 e. The molecule has 3 heterocycles. The molecular formula is C14H19N5O. The molecule has 0 radical (unpaired) electrons. The molecular weight excluding hydrogens is 254 g/mol. The van der Waals surface area contributed by atoms with Crippen molar-refractivity contribution in [3.05, 3.63) is 29.2 Å². The Morgan fingerprint density at radius 1 is 1.30 bits per heavy atom. The number of fused-ring (bicyclic) bond motifs is 1. The van der Waals surface area contributed by atoms with Crippen LogP contribution in [0.25, 0.3) is 5.65 Å². The molecule has 0 saturated carbocycles. The van der Waals surface area contributed by atoms with Gasteiger partial charge in [0.25, 0.3) is 0 Å². The molecule has 1 aliphatic heterocycles. The molecule has 2 aromatic heterocycles. The molecule has 0 amide bonds. The molecule has 1 aliphatic rings. The first-order chi connectivity index (χ1) is 9.65. The van der Waals surface area contributed by atoms with Crippen molar-refractivity contribution in [1.82, 2.24) is 19.6 Å². The van der Waals surface area contributed by atoms with Gasteiger partial charge in [0.2, 0.25) is 0 Å². The lowest BCUT2D eigenvalue weighted by Crippen LogP contribution is -2.33. The fraction of sp³-hybridized carbons (Fsp3) is 0.500. The minimum atomic E-state index is 0.741. The zero-order chi connectivity index (χ0) is 14.1. The summed E-state index contributed by atoms with van der Waals surface area (Å²) in [6.07, 6.45) is 1.88. The van der Waals surface area contributed by atoms with Crippen molar-refractivity contribution in [2.24, 2.45) is 5.10 Å². The highest BCUT2D eigenvalue weighted by Gasteiger charge is 2.12. The van der Waals surface area contributed by atoms with Gasteiger partial charge in [-0.2, -0.15) is 10.2 Å². The lowest BCUT2D eigenvalue weighted by Gasteiger charge is -2.24. The van der Waals surface area contributed by atoms with Crippen LogP contribution in [-0.2, 0) is 4.74 Å². The minimum Gasteiger partial charge on any atom is -0.378 e. The SMILES string of the molecule is CC(=NN1CCOCC1)c1cnc2cc(C)nn2c1C. The molecule has 0 bridgehead atoms. The summed E-state index contributed by atoms with van der Waals surface area (Å²) < 4.78 is 7.21. The van der Waals surface area contributed by atoms with E-state index in [1.807, 2.05) is 30.6 Å². The van der Waals surface area contributed by atoms with Crippen LogP contribution < -0.4 is 0 Å². The molecule has 6 nitrogen and oxygen atoms in total. The third-order valence-corrected chi connectivity index (χ3v) is 3.51. The van der Waals surface area contributed by atoms with Gasteiger partial charge in [-0.3, -0.25) is 5.01 Å². The first-order valence-electron chi connectivity index (χ1n) is 6.85. The van der Waals surface area contributed by atoms with Crippen LogP contribution in [0.2, 0.25) is 0 Å². The van der Waals surface area contributed by atoms with Gasteiger partial charge in [-0.15, -0.1) is 0 Å². The van der Waals surface area contributed by atoms with E-state index >= 15 is 0 Å². The van der Waals surface area contributed by atoms with E-state index in [-0.39, 0.29) is 0 Å². The average molecular weight is 273 g/mol. The standard InChI is InChI=1S/C14H19N5O/c1-10-8-14-15-9-13(12(3)19(14)16-10)11(2)17-18-4-6-20-7-5-18/h8-9H,4-7H2,1-3H3. The Bertz CT molecular complexity index is 655. The van der Waals surface area contributed by atoms with E-state index in [2.05, 4.69) is 27.1 Å². The van der Waals surface area contributed by atoms with Gasteiger partial charge < -0.3 is 4.74 Å². The molecule has 2 aromatic rings. The maximum Gasteiger partial charge on any atom is 0.155 e. The van der Waals surface area contributed by atoms with Gasteiger partial charge in [-0.25, -0.2) is 9.50 Å². The predicted molar refractivity (Wildman–Crippen MR) is 77.1 cm³/mol. The Morgan fingerprint density at radius 3 is 2.80 bits per heavy atom. The molecule has 6 heteroatoms. The molecule has 0 aliphatic carbocycles. The van der Waals surface area contributed by atoms with Gasteiger partial charge >= 0.3 is 0 Å². The summed E-state index contributed by atoms with van der Waals surface area (Å²) in [7, 11) is 0. The fourth-order valence-corrected chi connectivity index (χ4v) is 2.44. The first-order valence-corrected chi connectivity index (χ1v) is 6.85. The second kappa shape index (κ2) is 5.20.